The van der Waals surface area contributed by atoms with Crippen molar-refractivity contribution in [1.82, 2.24) is 15.4 Å². The molecule has 2 aromatic rings. The van der Waals surface area contributed by atoms with E-state index >= 15 is 0 Å². The van der Waals surface area contributed by atoms with Crippen LogP contribution < -0.4 is 5.43 Å². The van der Waals surface area contributed by atoms with E-state index in [-0.39, 0.29) is 30.1 Å². The zero-order valence-corrected chi connectivity index (χ0v) is 18.4. The van der Waals surface area contributed by atoms with Crippen LogP contribution in [0, 0.1) is 11.8 Å². The summed E-state index contributed by atoms with van der Waals surface area (Å²) in [6, 6.07) is 17.0. The molecule has 1 aliphatic carbocycles. The van der Waals surface area contributed by atoms with Gasteiger partial charge in [0.05, 0.1) is 24.2 Å². The first-order valence-electron chi connectivity index (χ1n) is 12.0. The molecule has 32 heavy (non-hydrogen) atoms. The lowest BCUT2D eigenvalue weighted by molar-refractivity contribution is -0.176. The molecule has 0 bridgehead atoms. The summed E-state index contributed by atoms with van der Waals surface area (Å²) < 4.78 is 0. The SMILES string of the molecule is C=CCC1NN2C(=O)C(C3CCCCC3)C3c4ccccc4C=NN3C2c2ccccc21. The van der Waals surface area contributed by atoms with Crippen molar-refractivity contribution in [2.24, 2.45) is 16.9 Å². The lowest BCUT2D eigenvalue weighted by atomic mass is 9.71. The summed E-state index contributed by atoms with van der Waals surface area (Å²) in [5.41, 5.74) is 8.34. The van der Waals surface area contributed by atoms with Gasteiger partial charge in [0.25, 0.3) is 0 Å². The van der Waals surface area contributed by atoms with Crippen LogP contribution in [0.25, 0.3) is 0 Å². The smallest absolute Gasteiger partial charge is 0.244 e. The highest BCUT2D eigenvalue weighted by Crippen LogP contribution is 2.52. The van der Waals surface area contributed by atoms with Gasteiger partial charge in [-0.1, -0.05) is 73.9 Å². The van der Waals surface area contributed by atoms with Crippen LogP contribution in [-0.4, -0.2) is 22.1 Å². The Hall–Kier alpha value is -2.92. The molecule has 1 N–H and O–H groups in total. The number of hydrazine groups is 1. The fourth-order valence-corrected chi connectivity index (χ4v) is 6.36. The molecule has 2 aromatic carbocycles. The molecule has 2 fully saturated rings. The predicted octanol–water partition coefficient (Wildman–Crippen LogP) is 5.25. The minimum Gasteiger partial charge on any atom is -0.273 e. The summed E-state index contributed by atoms with van der Waals surface area (Å²) in [7, 11) is 0. The van der Waals surface area contributed by atoms with Crippen LogP contribution in [0.4, 0.5) is 0 Å². The first-order chi connectivity index (χ1) is 15.8. The van der Waals surface area contributed by atoms with E-state index in [1.165, 1.54) is 30.4 Å². The Morgan fingerprint density at radius 3 is 2.50 bits per heavy atom. The Kier molecular flexibility index (Phi) is 4.87. The fourth-order valence-electron chi connectivity index (χ4n) is 6.36. The average Bonchev–Trinajstić information content (AvgIpc) is 2.85. The van der Waals surface area contributed by atoms with Crippen molar-refractivity contribution < 1.29 is 4.79 Å². The van der Waals surface area contributed by atoms with Crippen LogP contribution in [0.15, 0.2) is 66.3 Å². The van der Waals surface area contributed by atoms with Gasteiger partial charge in [0, 0.05) is 5.56 Å². The Labute approximate surface area is 189 Å². The standard InChI is InChI=1S/C27H30N4O/c1-2-10-23-21-15-8-9-16-22(21)26-30-25(20-14-7-6-13-19(20)17-28-30)24(27(32)31(26)29-23)18-11-4-3-5-12-18/h2,6-9,13-18,23-26,29H,1,3-5,10-12H2. The van der Waals surface area contributed by atoms with Gasteiger partial charge < -0.3 is 0 Å². The van der Waals surface area contributed by atoms with E-state index in [0.29, 0.717) is 5.92 Å². The molecule has 0 spiro atoms. The zero-order valence-electron chi connectivity index (χ0n) is 18.4. The van der Waals surface area contributed by atoms with Crippen molar-refractivity contribution in [3.05, 3.63) is 83.4 Å². The largest absolute Gasteiger partial charge is 0.273 e. The number of hydrazone groups is 1. The van der Waals surface area contributed by atoms with Gasteiger partial charge >= 0.3 is 0 Å². The molecule has 164 valence electrons. The highest BCUT2D eigenvalue weighted by molar-refractivity contribution is 5.86. The van der Waals surface area contributed by atoms with E-state index in [2.05, 4.69) is 65.5 Å². The Bertz CT molecular complexity index is 1070. The third-order valence-corrected chi connectivity index (χ3v) is 7.79. The number of carbonyl (C=O) groups is 1. The maximum atomic E-state index is 14.2. The van der Waals surface area contributed by atoms with Crippen LogP contribution in [0.2, 0.25) is 0 Å². The van der Waals surface area contributed by atoms with Crippen molar-refractivity contribution in [2.75, 3.05) is 0 Å². The molecule has 3 heterocycles. The van der Waals surface area contributed by atoms with E-state index in [1.807, 2.05) is 17.3 Å². The molecule has 3 aliphatic heterocycles. The van der Waals surface area contributed by atoms with E-state index in [1.54, 1.807) is 0 Å². The van der Waals surface area contributed by atoms with Crippen molar-refractivity contribution in [2.45, 2.75) is 56.8 Å². The summed E-state index contributed by atoms with van der Waals surface area (Å²) in [5, 5.41) is 9.09. The van der Waals surface area contributed by atoms with Gasteiger partial charge in [-0.25, -0.2) is 10.4 Å². The summed E-state index contributed by atoms with van der Waals surface area (Å²) in [6.07, 6.45) is 10.4. The van der Waals surface area contributed by atoms with Gasteiger partial charge in [0.2, 0.25) is 5.91 Å². The Morgan fingerprint density at radius 1 is 1.00 bits per heavy atom. The number of fused-ring (bicyclic) bond motifs is 7. The third-order valence-electron chi connectivity index (χ3n) is 7.79. The van der Waals surface area contributed by atoms with E-state index in [9.17, 15) is 4.79 Å². The highest BCUT2D eigenvalue weighted by Gasteiger charge is 2.54. The van der Waals surface area contributed by atoms with E-state index in [0.717, 1.165) is 30.4 Å². The maximum absolute atomic E-state index is 14.2. The van der Waals surface area contributed by atoms with Gasteiger partial charge in [0.15, 0.2) is 6.17 Å². The van der Waals surface area contributed by atoms with Gasteiger partial charge in [-0.3, -0.25) is 9.80 Å². The number of hydrogen-bond acceptors (Lipinski definition) is 4. The Balaban J connectivity index is 1.51. The molecule has 5 nitrogen and oxygen atoms in total. The molecular weight excluding hydrogens is 396 g/mol. The second kappa shape index (κ2) is 7.89. The van der Waals surface area contributed by atoms with Crippen LogP contribution in [-0.2, 0) is 4.79 Å². The molecule has 5 heteroatoms. The van der Waals surface area contributed by atoms with Gasteiger partial charge in [0.1, 0.15) is 0 Å². The first kappa shape index (κ1) is 19.7. The Morgan fingerprint density at radius 2 is 1.72 bits per heavy atom. The topological polar surface area (TPSA) is 47.9 Å². The average molecular weight is 427 g/mol. The third kappa shape index (κ3) is 2.95. The molecule has 4 atom stereocenters. The summed E-state index contributed by atoms with van der Waals surface area (Å²) >= 11 is 0. The summed E-state index contributed by atoms with van der Waals surface area (Å²) in [4.78, 5) is 14.2. The summed E-state index contributed by atoms with van der Waals surface area (Å²) in [6.45, 7) is 3.95. The second-order valence-corrected chi connectivity index (χ2v) is 9.54. The predicted molar refractivity (Wildman–Crippen MR) is 125 cm³/mol. The molecule has 4 unspecified atom stereocenters. The molecule has 1 amide bonds. The fraction of sp³-hybridized carbons (Fsp3) is 0.407. The van der Waals surface area contributed by atoms with Crippen molar-refractivity contribution in [1.29, 1.82) is 0 Å². The molecule has 4 aliphatic rings. The van der Waals surface area contributed by atoms with Crippen molar-refractivity contribution in [3.63, 3.8) is 0 Å². The zero-order chi connectivity index (χ0) is 21.7. The quantitative estimate of drug-likeness (QED) is 0.682. The molecule has 6 rings (SSSR count). The molecule has 1 saturated heterocycles. The van der Waals surface area contributed by atoms with E-state index < -0.39 is 0 Å². The van der Waals surface area contributed by atoms with Crippen molar-refractivity contribution >= 4 is 12.1 Å². The molecular formula is C27H30N4O. The normalized spacial score (nSPS) is 29.1. The molecule has 0 aromatic heterocycles. The molecule has 1 saturated carbocycles. The number of hydrogen-bond donors (Lipinski definition) is 1. The van der Waals surface area contributed by atoms with Gasteiger partial charge in [-0.15, -0.1) is 6.58 Å². The number of nitrogens with zero attached hydrogens (tertiary/aromatic N) is 3. The summed E-state index contributed by atoms with van der Waals surface area (Å²) in [5.74, 6) is 0.522. The molecule has 0 radical (unpaired) electrons. The van der Waals surface area contributed by atoms with Crippen molar-refractivity contribution in [3.8, 4) is 0 Å². The second-order valence-electron chi connectivity index (χ2n) is 9.54. The number of amides is 1. The number of rotatable bonds is 3. The lowest BCUT2D eigenvalue weighted by Crippen LogP contribution is -2.63. The minimum atomic E-state index is -0.241. The van der Waals surface area contributed by atoms with Crippen LogP contribution in [0.5, 0.6) is 0 Å². The van der Waals surface area contributed by atoms with E-state index in [4.69, 9.17) is 5.10 Å². The monoisotopic (exact) mass is 426 g/mol. The highest BCUT2D eigenvalue weighted by atomic mass is 16.2. The lowest BCUT2D eigenvalue weighted by Gasteiger charge is -2.56. The minimum absolute atomic E-state index is 0.0288. The van der Waals surface area contributed by atoms with Crippen LogP contribution >= 0.6 is 0 Å². The van der Waals surface area contributed by atoms with Crippen LogP contribution in [0.3, 0.4) is 0 Å². The first-order valence-corrected chi connectivity index (χ1v) is 12.0. The number of benzene rings is 2. The number of carbonyl (C=O) groups excluding carboxylic acids is 1. The van der Waals surface area contributed by atoms with Gasteiger partial charge in [-0.2, -0.15) is 5.10 Å². The van der Waals surface area contributed by atoms with Crippen LogP contribution in [0.1, 0.15) is 79.0 Å². The maximum Gasteiger partial charge on any atom is 0.244 e. The van der Waals surface area contributed by atoms with Gasteiger partial charge in [-0.05, 0) is 41.9 Å². The number of nitrogens with one attached hydrogen (secondary N) is 1.